The molecule has 2 aromatic rings. The number of H-pyrrole nitrogens is 1. The second-order valence-electron chi connectivity index (χ2n) is 4.72. The fourth-order valence-corrected chi connectivity index (χ4v) is 2.37. The lowest BCUT2D eigenvalue weighted by atomic mass is 10.1. The quantitative estimate of drug-likeness (QED) is 0.851. The zero-order valence-corrected chi connectivity index (χ0v) is 10.4. The van der Waals surface area contributed by atoms with E-state index in [1.165, 1.54) is 0 Å². The molecule has 0 saturated carbocycles. The minimum Gasteiger partial charge on any atom is -0.391 e. The molecule has 1 aromatic heterocycles. The number of benzene rings is 1. The predicted molar refractivity (Wildman–Crippen MR) is 70.6 cm³/mol. The first-order valence-corrected chi connectivity index (χ1v) is 6.32. The summed E-state index contributed by atoms with van der Waals surface area (Å²) in [5.74, 6) is -0.0795. The Balaban J connectivity index is 1.90. The van der Waals surface area contributed by atoms with Crippen LogP contribution >= 0.6 is 0 Å². The van der Waals surface area contributed by atoms with E-state index in [0.717, 1.165) is 11.3 Å². The number of hydrogen-bond donors (Lipinski definition) is 2. The standard InChI is InChI=1S/C14H15N3O2/c18-11-6-7-17(9-11)14(19)12-8-15-16-13(12)10-4-2-1-3-5-10/h1-5,8,11,18H,6-7,9H2,(H,15,16)/t11-/m1/s1. The summed E-state index contributed by atoms with van der Waals surface area (Å²) in [7, 11) is 0. The maximum Gasteiger partial charge on any atom is 0.257 e. The normalized spacial score (nSPS) is 18.8. The Morgan fingerprint density at radius 1 is 1.37 bits per heavy atom. The van der Waals surface area contributed by atoms with Gasteiger partial charge in [-0.25, -0.2) is 0 Å². The molecule has 0 radical (unpaired) electrons. The molecular weight excluding hydrogens is 242 g/mol. The number of nitrogens with one attached hydrogen (secondary N) is 1. The number of aliphatic hydroxyl groups is 1. The SMILES string of the molecule is O=C(c1cn[nH]c1-c1ccccc1)N1CC[C@@H](O)C1. The van der Waals surface area contributed by atoms with Crippen molar-refractivity contribution < 1.29 is 9.90 Å². The summed E-state index contributed by atoms with van der Waals surface area (Å²) in [6, 6.07) is 9.64. The van der Waals surface area contributed by atoms with Gasteiger partial charge < -0.3 is 10.0 Å². The average molecular weight is 257 g/mol. The number of aromatic nitrogens is 2. The van der Waals surface area contributed by atoms with E-state index < -0.39 is 6.10 Å². The van der Waals surface area contributed by atoms with Gasteiger partial charge in [0, 0.05) is 18.7 Å². The maximum atomic E-state index is 12.4. The average Bonchev–Trinajstić information content (AvgIpc) is 3.07. The van der Waals surface area contributed by atoms with Gasteiger partial charge in [0.1, 0.15) is 0 Å². The van der Waals surface area contributed by atoms with Gasteiger partial charge in [-0.2, -0.15) is 5.10 Å². The molecule has 2 N–H and O–H groups in total. The molecule has 1 aliphatic rings. The van der Waals surface area contributed by atoms with Crippen LogP contribution in [0, 0.1) is 0 Å². The molecule has 0 spiro atoms. The number of β-amino-alcohol motifs (C(OH)–C–C–N with tert-alkyl or cyclic N) is 1. The topological polar surface area (TPSA) is 69.2 Å². The van der Waals surface area contributed by atoms with Crippen molar-refractivity contribution in [3.05, 3.63) is 42.1 Å². The minimum absolute atomic E-state index is 0.0795. The van der Waals surface area contributed by atoms with Gasteiger partial charge >= 0.3 is 0 Å². The summed E-state index contributed by atoms with van der Waals surface area (Å²) in [4.78, 5) is 14.1. The van der Waals surface area contributed by atoms with Crippen molar-refractivity contribution in [3.8, 4) is 11.3 Å². The molecule has 2 heterocycles. The third kappa shape index (κ3) is 2.24. The van der Waals surface area contributed by atoms with Gasteiger partial charge in [-0.1, -0.05) is 30.3 Å². The first-order valence-electron chi connectivity index (χ1n) is 6.32. The fraction of sp³-hybridized carbons (Fsp3) is 0.286. The number of carbonyl (C=O) groups excluding carboxylic acids is 1. The molecule has 1 atom stereocenters. The summed E-state index contributed by atoms with van der Waals surface area (Å²) >= 11 is 0. The van der Waals surface area contributed by atoms with Gasteiger partial charge in [-0.15, -0.1) is 0 Å². The van der Waals surface area contributed by atoms with Crippen molar-refractivity contribution >= 4 is 5.91 Å². The largest absolute Gasteiger partial charge is 0.391 e. The van der Waals surface area contributed by atoms with Gasteiger partial charge in [0.05, 0.1) is 23.6 Å². The van der Waals surface area contributed by atoms with Gasteiger partial charge in [-0.3, -0.25) is 9.89 Å². The summed E-state index contributed by atoms with van der Waals surface area (Å²) in [6.07, 6.45) is 1.79. The summed E-state index contributed by atoms with van der Waals surface area (Å²) < 4.78 is 0. The Morgan fingerprint density at radius 3 is 2.84 bits per heavy atom. The zero-order valence-electron chi connectivity index (χ0n) is 10.4. The summed E-state index contributed by atoms with van der Waals surface area (Å²) in [5.41, 5.74) is 2.22. The van der Waals surface area contributed by atoms with E-state index in [4.69, 9.17) is 0 Å². The smallest absolute Gasteiger partial charge is 0.257 e. The van der Waals surface area contributed by atoms with Gasteiger partial charge in [-0.05, 0) is 6.42 Å². The molecule has 3 rings (SSSR count). The molecule has 0 unspecified atom stereocenters. The molecule has 1 aliphatic heterocycles. The number of nitrogens with zero attached hydrogens (tertiary/aromatic N) is 2. The van der Waals surface area contributed by atoms with Crippen molar-refractivity contribution in [1.29, 1.82) is 0 Å². The van der Waals surface area contributed by atoms with E-state index in [1.54, 1.807) is 11.1 Å². The predicted octanol–water partition coefficient (Wildman–Crippen LogP) is 1.28. The Morgan fingerprint density at radius 2 is 2.16 bits per heavy atom. The fourth-order valence-electron chi connectivity index (χ4n) is 2.37. The van der Waals surface area contributed by atoms with Crippen LogP contribution in [-0.2, 0) is 0 Å². The van der Waals surface area contributed by atoms with Crippen LogP contribution in [0.25, 0.3) is 11.3 Å². The van der Waals surface area contributed by atoms with E-state index in [0.29, 0.717) is 25.1 Å². The minimum atomic E-state index is -0.406. The van der Waals surface area contributed by atoms with E-state index >= 15 is 0 Å². The number of aliphatic hydroxyl groups excluding tert-OH is 1. The molecule has 1 aromatic carbocycles. The molecule has 0 aliphatic carbocycles. The Labute approximate surface area is 110 Å². The molecule has 0 bridgehead atoms. The number of aromatic amines is 1. The Bertz CT molecular complexity index is 579. The highest BCUT2D eigenvalue weighted by molar-refractivity contribution is 5.99. The summed E-state index contributed by atoms with van der Waals surface area (Å²) in [5, 5.41) is 16.4. The first kappa shape index (κ1) is 11.9. The van der Waals surface area contributed by atoms with Crippen molar-refractivity contribution in [1.82, 2.24) is 15.1 Å². The number of hydrogen-bond acceptors (Lipinski definition) is 3. The van der Waals surface area contributed by atoms with Crippen LogP contribution in [0.3, 0.4) is 0 Å². The molecule has 19 heavy (non-hydrogen) atoms. The van der Waals surface area contributed by atoms with Crippen LogP contribution in [-0.4, -0.2) is 45.3 Å². The highest BCUT2D eigenvalue weighted by Gasteiger charge is 2.27. The number of likely N-dealkylation sites (tertiary alicyclic amines) is 1. The zero-order chi connectivity index (χ0) is 13.2. The molecule has 1 amide bonds. The molecule has 1 saturated heterocycles. The van der Waals surface area contributed by atoms with Crippen molar-refractivity contribution in [3.63, 3.8) is 0 Å². The Hall–Kier alpha value is -2.14. The van der Waals surface area contributed by atoms with E-state index in [-0.39, 0.29) is 5.91 Å². The van der Waals surface area contributed by atoms with Crippen molar-refractivity contribution in [2.24, 2.45) is 0 Å². The summed E-state index contributed by atoms with van der Waals surface area (Å²) in [6.45, 7) is 0.998. The van der Waals surface area contributed by atoms with Crippen molar-refractivity contribution in [2.45, 2.75) is 12.5 Å². The van der Waals surface area contributed by atoms with Crippen LogP contribution in [0.15, 0.2) is 36.5 Å². The second kappa shape index (κ2) is 4.85. The third-order valence-electron chi connectivity index (χ3n) is 3.38. The lowest BCUT2D eigenvalue weighted by Crippen LogP contribution is -2.29. The number of carbonyl (C=O) groups is 1. The molecule has 5 heteroatoms. The Kier molecular flexibility index (Phi) is 3.05. The van der Waals surface area contributed by atoms with E-state index in [2.05, 4.69) is 10.2 Å². The van der Waals surface area contributed by atoms with Gasteiger partial charge in [0.15, 0.2) is 0 Å². The molecule has 1 fully saturated rings. The number of amides is 1. The molecule has 98 valence electrons. The lowest BCUT2D eigenvalue weighted by molar-refractivity contribution is 0.0766. The number of rotatable bonds is 2. The van der Waals surface area contributed by atoms with Crippen LogP contribution in [0.4, 0.5) is 0 Å². The van der Waals surface area contributed by atoms with Crippen LogP contribution in [0.2, 0.25) is 0 Å². The van der Waals surface area contributed by atoms with Crippen molar-refractivity contribution in [2.75, 3.05) is 13.1 Å². The highest BCUT2D eigenvalue weighted by Crippen LogP contribution is 2.23. The molecule has 5 nitrogen and oxygen atoms in total. The van der Waals surface area contributed by atoms with Crippen LogP contribution in [0.5, 0.6) is 0 Å². The van der Waals surface area contributed by atoms with E-state index in [9.17, 15) is 9.90 Å². The lowest BCUT2D eigenvalue weighted by Gasteiger charge is -2.15. The second-order valence-corrected chi connectivity index (χ2v) is 4.72. The van der Waals surface area contributed by atoms with Gasteiger partial charge in [0.2, 0.25) is 0 Å². The van der Waals surface area contributed by atoms with E-state index in [1.807, 2.05) is 30.3 Å². The monoisotopic (exact) mass is 257 g/mol. The molecular formula is C14H15N3O2. The highest BCUT2D eigenvalue weighted by atomic mass is 16.3. The third-order valence-corrected chi connectivity index (χ3v) is 3.38. The first-order chi connectivity index (χ1) is 9.25. The van der Waals surface area contributed by atoms with Crippen LogP contribution < -0.4 is 0 Å². The maximum absolute atomic E-state index is 12.4. The van der Waals surface area contributed by atoms with Gasteiger partial charge in [0.25, 0.3) is 5.91 Å². The van der Waals surface area contributed by atoms with Crippen LogP contribution in [0.1, 0.15) is 16.8 Å².